The van der Waals surface area contributed by atoms with Crippen molar-refractivity contribution >= 4 is 17.7 Å². The number of hydrogen-bond acceptors (Lipinski definition) is 8. The van der Waals surface area contributed by atoms with Gasteiger partial charge in [0.2, 0.25) is 0 Å². The topological polar surface area (TPSA) is 119 Å². The fourth-order valence-corrected chi connectivity index (χ4v) is 2.88. The van der Waals surface area contributed by atoms with Gasteiger partial charge in [-0.3, -0.25) is 0 Å². The third-order valence-electron chi connectivity index (χ3n) is 3.00. The Morgan fingerprint density at radius 2 is 1.95 bits per heavy atom. The maximum atomic E-state index is 10.8. The maximum Gasteiger partial charge on any atom is 1.00 e. The number of hydrogen-bond donors (Lipinski definition) is 3. The molecule has 112 valence electrons. The summed E-state index contributed by atoms with van der Waals surface area (Å²) in [5, 5.41) is 39.1. The molecule has 0 bridgehead atoms. The monoisotopic (exact) mass is 318 g/mol. The standard InChI is InChI=1S/C11H20O7S.Na/c1-3-6(10(15)16)19-4-5-7(12)8(13)9(14)11(17-2)18-5;/h5-9,11-14H,3-4H2,1-2H3,(H,15,16);/q;+1/p-1/t5-,6?,7-,8+,9-,11-;/m1./s1. The molecule has 0 aliphatic carbocycles. The second kappa shape index (κ2) is 9.60. The van der Waals surface area contributed by atoms with Gasteiger partial charge in [0.25, 0.3) is 0 Å². The number of aliphatic hydroxyl groups excluding tert-OH is 3. The largest absolute Gasteiger partial charge is 1.00 e. The molecule has 0 saturated carbocycles. The van der Waals surface area contributed by atoms with Gasteiger partial charge >= 0.3 is 29.6 Å². The summed E-state index contributed by atoms with van der Waals surface area (Å²) in [6.45, 7) is 1.71. The van der Waals surface area contributed by atoms with Crippen molar-refractivity contribution in [1.82, 2.24) is 0 Å². The van der Waals surface area contributed by atoms with Crippen molar-refractivity contribution in [2.45, 2.75) is 49.3 Å². The van der Waals surface area contributed by atoms with Crippen LogP contribution in [0.3, 0.4) is 0 Å². The molecule has 9 heteroatoms. The van der Waals surface area contributed by atoms with E-state index in [1.54, 1.807) is 6.92 Å². The van der Waals surface area contributed by atoms with Crippen LogP contribution < -0.4 is 34.7 Å². The van der Waals surface area contributed by atoms with Gasteiger partial charge in [-0.1, -0.05) is 6.92 Å². The predicted octanol–water partition coefficient (Wildman–Crippen LogP) is -5.29. The van der Waals surface area contributed by atoms with Gasteiger partial charge in [-0.15, -0.1) is 11.8 Å². The zero-order chi connectivity index (χ0) is 14.6. The quantitative estimate of drug-likeness (QED) is 0.416. The number of thioether (sulfide) groups is 1. The maximum absolute atomic E-state index is 10.8. The second-order valence-electron chi connectivity index (χ2n) is 4.30. The molecular formula is C11H19NaO7S. The molecule has 1 unspecified atom stereocenters. The normalized spacial score (nSPS) is 35.1. The van der Waals surface area contributed by atoms with E-state index in [2.05, 4.69) is 0 Å². The number of carboxylic acids is 1. The van der Waals surface area contributed by atoms with Gasteiger partial charge in [0.05, 0.1) is 12.1 Å². The Morgan fingerprint density at radius 3 is 2.40 bits per heavy atom. The van der Waals surface area contributed by atoms with Crippen LogP contribution >= 0.6 is 11.8 Å². The van der Waals surface area contributed by atoms with Gasteiger partial charge in [-0.05, 0) is 6.42 Å². The van der Waals surface area contributed by atoms with Crippen molar-refractivity contribution in [2.75, 3.05) is 12.9 Å². The molecule has 1 aliphatic heterocycles. The summed E-state index contributed by atoms with van der Waals surface area (Å²) < 4.78 is 10.1. The molecule has 0 aromatic heterocycles. The van der Waals surface area contributed by atoms with Gasteiger partial charge in [0.15, 0.2) is 6.29 Å². The number of methoxy groups -OCH3 is 1. The molecule has 1 aliphatic rings. The van der Waals surface area contributed by atoms with E-state index < -0.39 is 41.9 Å². The van der Waals surface area contributed by atoms with Crippen molar-refractivity contribution in [3.63, 3.8) is 0 Å². The van der Waals surface area contributed by atoms with Crippen molar-refractivity contribution in [2.24, 2.45) is 0 Å². The second-order valence-corrected chi connectivity index (χ2v) is 5.54. The van der Waals surface area contributed by atoms with Gasteiger partial charge < -0.3 is 34.7 Å². The number of aliphatic carboxylic acids is 1. The summed E-state index contributed by atoms with van der Waals surface area (Å²) in [5.74, 6) is -1.03. The first-order chi connectivity index (χ1) is 8.92. The van der Waals surface area contributed by atoms with E-state index >= 15 is 0 Å². The molecule has 6 atom stereocenters. The van der Waals surface area contributed by atoms with E-state index in [9.17, 15) is 25.2 Å². The summed E-state index contributed by atoms with van der Waals surface area (Å²) >= 11 is 1.06. The van der Waals surface area contributed by atoms with Crippen LogP contribution in [-0.2, 0) is 14.3 Å². The minimum absolute atomic E-state index is 0. The van der Waals surface area contributed by atoms with Crippen molar-refractivity contribution < 1.29 is 64.3 Å². The molecule has 20 heavy (non-hydrogen) atoms. The number of rotatable bonds is 6. The van der Waals surface area contributed by atoms with E-state index in [0.29, 0.717) is 6.42 Å². The Labute approximate surface area is 143 Å². The molecule has 1 rings (SSSR count). The Morgan fingerprint density at radius 1 is 1.35 bits per heavy atom. The van der Waals surface area contributed by atoms with Gasteiger partial charge in [0, 0.05) is 18.1 Å². The van der Waals surface area contributed by atoms with Gasteiger partial charge in [0.1, 0.15) is 18.3 Å². The van der Waals surface area contributed by atoms with E-state index in [1.165, 1.54) is 7.11 Å². The molecule has 0 amide bonds. The first kappa shape index (κ1) is 20.6. The Bertz CT molecular complexity index is 304. The van der Waals surface area contributed by atoms with E-state index in [0.717, 1.165) is 11.8 Å². The summed E-state index contributed by atoms with van der Waals surface area (Å²) in [6.07, 6.45) is -5.52. The van der Waals surface area contributed by atoms with Crippen LogP contribution in [-0.4, -0.2) is 70.1 Å². The van der Waals surface area contributed by atoms with Gasteiger partial charge in [-0.2, -0.15) is 0 Å². The first-order valence-corrected chi connectivity index (χ1v) is 7.02. The Kier molecular flexibility index (Phi) is 9.90. The van der Waals surface area contributed by atoms with E-state index in [4.69, 9.17) is 9.47 Å². The van der Waals surface area contributed by atoms with Crippen LogP contribution in [0.1, 0.15) is 13.3 Å². The molecule has 0 spiro atoms. The molecule has 1 fully saturated rings. The average molecular weight is 318 g/mol. The summed E-state index contributed by atoms with van der Waals surface area (Å²) in [5.41, 5.74) is 0. The van der Waals surface area contributed by atoms with Gasteiger partial charge in [-0.25, -0.2) is 0 Å². The first-order valence-electron chi connectivity index (χ1n) is 5.97. The van der Waals surface area contributed by atoms with Crippen LogP contribution in [0, 0.1) is 0 Å². The van der Waals surface area contributed by atoms with E-state index in [-0.39, 0.29) is 35.3 Å². The molecule has 7 nitrogen and oxygen atoms in total. The summed E-state index contributed by atoms with van der Waals surface area (Å²) in [6, 6.07) is 0. The van der Waals surface area contributed by atoms with Crippen molar-refractivity contribution in [3.05, 3.63) is 0 Å². The SMILES string of the molecule is CCC(SC[C@H]1O[C@@H](OC)[C@H](O)[C@@H](O)[C@@H]1O)C(=O)[O-].[Na+]. The zero-order valence-corrected chi connectivity index (χ0v) is 14.6. The van der Waals surface area contributed by atoms with Crippen LogP contribution in [0.2, 0.25) is 0 Å². The van der Waals surface area contributed by atoms with Crippen LogP contribution in [0.5, 0.6) is 0 Å². The smallest absolute Gasteiger partial charge is 0.549 e. The average Bonchev–Trinajstić information content (AvgIpc) is 2.38. The van der Waals surface area contributed by atoms with Crippen LogP contribution in [0.4, 0.5) is 0 Å². The van der Waals surface area contributed by atoms with Crippen LogP contribution in [0.15, 0.2) is 0 Å². The van der Waals surface area contributed by atoms with Crippen LogP contribution in [0.25, 0.3) is 0 Å². The number of aliphatic hydroxyl groups is 3. The Balaban J connectivity index is 0.00000361. The van der Waals surface area contributed by atoms with Crippen molar-refractivity contribution in [3.8, 4) is 0 Å². The number of carbonyl (C=O) groups excluding carboxylic acids is 1. The third kappa shape index (κ3) is 5.11. The number of ether oxygens (including phenoxy) is 2. The molecular weight excluding hydrogens is 299 g/mol. The summed E-state index contributed by atoms with van der Waals surface area (Å²) in [7, 11) is 1.30. The number of carbonyl (C=O) groups is 1. The molecule has 0 radical (unpaired) electrons. The predicted molar refractivity (Wildman–Crippen MR) is 65.2 cm³/mol. The Hall–Kier alpha value is 0.620. The molecule has 0 aromatic rings. The fourth-order valence-electron chi connectivity index (χ4n) is 1.81. The fraction of sp³-hybridized carbons (Fsp3) is 0.909. The minimum atomic E-state index is -1.40. The zero-order valence-electron chi connectivity index (χ0n) is 11.8. The summed E-state index contributed by atoms with van der Waals surface area (Å²) in [4.78, 5) is 10.8. The minimum Gasteiger partial charge on any atom is -0.549 e. The number of carboxylic acid groups (broad SMARTS) is 1. The molecule has 1 saturated heterocycles. The third-order valence-corrected chi connectivity index (χ3v) is 4.45. The van der Waals surface area contributed by atoms with E-state index in [1.807, 2.05) is 0 Å². The molecule has 1 heterocycles. The van der Waals surface area contributed by atoms with Crippen molar-refractivity contribution in [1.29, 1.82) is 0 Å². The molecule has 0 aromatic carbocycles. The molecule has 3 N–H and O–H groups in total.